The molecule has 0 saturated heterocycles. The molecule has 2 aromatic heterocycles. The maximum Gasteiger partial charge on any atom is 0.327 e. The van der Waals surface area contributed by atoms with Gasteiger partial charge < -0.3 is 9.47 Å². The highest BCUT2D eigenvalue weighted by atomic mass is 16.2. The Balaban J connectivity index is 2.94. The number of aryl methyl sites for hydroxylation is 1. The zero-order valence-electron chi connectivity index (χ0n) is 8.66. The Hall–Kier alpha value is -2.05. The molecule has 0 saturated carbocycles. The van der Waals surface area contributed by atoms with E-state index in [4.69, 9.17) is 0 Å². The summed E-state index contributed by atoms with van der Waals surface area (Å²) in [6.45, 7) is 0. The first kappa shape index (κ1) is 9.50. The summed E-state index contributed by atoms with van der Waals surface area (Å²) in [5.41, 5.74) is -0.319. The minimum absolute atomic E-state index is 0.301. The van der Waals surface area contributed by atoms with Gasteiger partial charge in [-0.2, -0.15) is 4.98 Å². The highest BCUT2D eigenvalue weighted by Crippen LogP contribution is 2.13. The smallest absolute Gasteiger partial charge is 0.327 e. The number of anilines is 1. The number of aromatic nitrogens is 4. The highest BCUT2D eigenvalue weighted by molar-refractivity contribution is 5.73. The second-order valence-electron chi connectivity index (χ2n) is 3.47. The topological polar surface area (TPSA) is 86.8 Å². The average molecular weight is 209 g/mol. The van der Waals surface area contributed by atoms with Gasteiger partial charge in [0.05, 0.1) is 0 Å². The third-order valence-corrected chi connectivity index (χ3v) is 2.15. The Morgan fingerprint density at radius 2 is 1.93 bits per heavy atom. The normalized spacial score (nSPS) is 10.9. The van der Waals surface area contributed by atoms with E-state index in [0.29, 0.717) is 17.1 Å². The van der Waals surface area contributed by atoms with Gasteiger partial charge in [-0.25, -0.2) is 4.79 Å². The average Bonchev–Trinajstić information content (AvgIpc) is 2.42. The van der Waals surface area contributed by atoms with Crippen LogP contribution in [0.1, 0.15) is 0 Å². The van der Waals surface area contributed by atoms with Gasteiger partial charge in [0.1, 0.15) is 0 Å². The molecule has 2 rings (SSSR count). The summed E-state index contributed by atoms with van der Waals surface area (Å²) in [4.78, 5) is 33.1. The summed E-state index contributed by atoms with van der Waals surface area (Å²) >= 11 is 0. The van der Waals surface area contributed by atoms with Crippen molar-refractivity contribution in [1.29, 1.82) is 0 Å². The molecule has 80 valence electrons. The van der Waals surface area contributed by atoms with Crippen molar-refractivity contribution in [2.45, 2.75) is 0 Å². The van der Waals surface area contributed by atoms with Gasteiger partial charge in [-0.15, -0.1) is 0 Å². The van der Waals surface area contributed by atoms with Crippen LogP contribution in [0, 0.1) is 0 Å². The van der Waals surface area contributed by atoms with Gasteiger partial charge in [-0.1, -0.05) is 0 Å². The molecule has 2 N–H and O–H groups in total. The summed E-state index contributed by atoms with van der Waals surface area (Å²) in [5, 5.41) is 0. The van der Waals surface area contributed by atoms with E-state index in [1.165, 1.54) is 0 Å². The van der Waals surface area contributed by atoms with Crippen molar-refractivity contribution >= 4 is 17.1 Å². The molecule has 0 unspecified atom stereocenters. The lowest BCUT2D eigenvalue weighted by Crippen LogP contribution is -2.23. The maximum atomic E-state index is 11.5. The third-order valence-electron chi connectivity index (χ3n) is 2.15. The quantitative estimate of drug-likeness (QED) is 0.631. The molecule has 15 heavy (non-hydrogen) atoms. The summed E-state index contributed by atoms with van der Waals surface area (Å²) in [6, 6.07) is 0. The lowest BCUT2D eigenvalue weighted by molar-refractivity contribution is 0.884. The number of imidazole rings is 1. The van der Waals surface area contributed by atoms with Crippen molar-refractivity contribution in [3.8, 4) is 0 Å². The minimum atomic E-state index is -0.545. The minimum Gasteiger partial charge on any atom is -0.348 e. The fraction of sp³-hybridized carbons (Fsp3) is 0.375. The van der Waals surface area contributed by atoms with Gasteiger partial charge in [-0.3, -0.25) is 14.8 Å². The van der Waals surface area contributed by atoms with E-state index in [-0.39, 0.29) is 0 Å². The van der Waals surface area contributed by atoms with Crippen LogP contribution >= 0.6 is 0 Å². The van der Waals surface area contributed by atoms with Crippen molar-refractivity contribution in [1.82, 2.24) is 19.5 Å². The summed E-state index contributed by atoms with van der Waals surface area (Å²) in [7, 11) is 5.35. The van der Waals surface area contributed by atoms with E-state index in [1.54, 1.807) is 16.5 Å². The van der Waals surface area contributed by atoms with Crippen molar-refractivity contribution in [2.75, 3.05) is 19.0 Å². The van der Waals surface area contributed by atoms with Crippen LogP contribution in [0.4, 0.5) is 5.95 Å². The lowest BCUT2D eigenvalue weighted by atomic mass is 10.5. The third kappa shape index (κ3) is 1.32. The SMILES string of the molecule is CN(C)c1nc2[nH]c(=O)[nH]c(=O)c2n1C. The number of nitrogens with one attached hydrogen (secondary N) is 2. The molecule has 0 atom stereocenters. The molecular weight excluding hydrogens is 198 g/mol. The Kier molecular flexibility index (Phi) is 1.88. The zero-order chi connectivity index (χ0) is 11.2. The van der Waals surface area contributed by atoms with Gasteiger partial charge in [0, 0.05) is 21.1 Å². The van der Waals surface area contributed by atoms with Crippen LogP contribution in [0.5, 0.6) is 0 Å². The lowest BCUT2D eigenvalue weighted by Gasteiger charge is -2.10. The Morgan fingerprint density at radius 3 is 2.53 bits per heavy atom. The van der Waals surface area contributed by atoms with Crippen LogP contribution in [0.3, 0.4) is 0 Å². The molecule has 0 bridgehead atoms. The standard InChI is InChI=1S/C8H11N5O2/c1-12(2)8-10-5-4(13(8)3)6(14)11-7(15)9-5/h1-3H3,(H2,9,11,14,15). The molecular formula is C8H11N5O2. The van der Waals surface area contributed by atoms with Gasteiger partial charge in [-0.05, 0) is 0 Å². The van der Waals surface area contributed by atoms with Crippen molar-refractivity contribution in [2.24, 2.45) is 7.05 Å². The van der Waals surface area contributed by atoms with Crippen LogP contribution < -0.4 is 16.1 Å². The number of fused-ring (bicyclic) bond motifs is 1. The van der Waals surface area contributed by atoms with E-state index in [1.807, 2.05) is 14.1 Å². The van der Waals surface area contributed by atoms with Gasteiger partial charge in [0.2, 0.25) is 5.95 Å². The summed E-state index contributed by atoms with van der Waals surface area (Å²) in [6.07, 6.45) is 0. The molecule has 0 radical (unpaired) electrons. The van der Waals surface area contributed by atoms with Gasteiger partial charge >= 0.3 is 5.69 Å². The molecule has 0 aromatic carbocycles. The summed E-state index contributed by atoms with van der Waals surface area (Å²) in [5.74, 6) is 0.609. The highest BCUT2D eigenvalue weighted by Gasteiger charge is 2.12. The number of hydrogen-bond acceptors (Lipinski definition) is 4. The van der Waals surface area contributed by atoms with Gasteiger partial charge in [0.15, 0.2) is 11.2 Å². The summed E-state index contributed by atoms with van der Waals surface area (Å²) < 4.78 is 1.63. The Morgan fingerprint density at radius 1 is 1.27 bits per heavy atom. The predicted octanol–water partition coefficient (Wildman–Crippen LogP) is -0.984. The van der Waals surface area contributed by atoms with Crippen LogP contribution in [-0.2, 0) is 7.05 Å². The molecule has 7 nitrogen and oxygen atoms in total. The monoisotopic (exact) mass is 209 g/mol. The first-order chi connectivity index (χ1) is 7.00. The number of rotatable bonds is 1. The van der Waals surface area contributed by atoms with E-state index >= 15 is 0 Å². The second kappa shape index (κ2) is 2.97. The first-order valence-corrected chi connectivity index (χ1v) is 4.37. The van der Waals surface area contributed by atoms with Crippen molar-refractivity contribution in [3.63, 3.8) is 0 Å². The molecule has 0 aliphatic carbocycles. The molecule has 2 aromatic rings. The van der Waals surface area contributed by atoms with E-state index in [9.17, 15) is 9.59 Å². The number of hydrogen-bond donors (Lipinski definition) is 2. The van der Waals surface area contributed by atoms with Crippen LogP contribution in [0.2, 0.25) is 0 Å². The molecule has 0 amide bonds. The molecule has 2 heterocycles. The molecule has 0 aliphatic heterocycles. The van der Waals surface area contributed by atoms with Crippen LogP contribution in [0.25, 0.3) is 11.2 Å². The van der Waals surface area contributed by atoms with Gasteiger partial charge in [0.25, 0.3) is 5.56 Å². The maximum absolute atomic E-state index is 11.5. The number of H-pyrrole nitrogens is 2. The zero-order valence-corrected chi connectivity index (χ0v) is 8.66. The van der Waals surface area contributed by atoms with E-state index in [0.717, 1.165) is 0 Å². The Bertz CT molecular complexity index is 618. The van der Waals surface area contributed by atoms with Crippen LogP contribution in [0.15, 0.2) is 9.59 Å². The second-order valence-corrected chi connectivity index (χ2v) is 3.47. The van der Waals surface area contributed by atoms with E-state index in [2.05, 4.69) is 15.0 Å². The first-order valence-electron chi connectivity index (χ1n) is 4.37. The van der Waals surface area contributed by atoms with Crippen molar-refractivity contribution < 1.29 is 0 Å². The largest absolute Gasteiger partial charge is 0.348 e. The van der Waals surface area contributed by atoms with Crippen LogP contribution in [-0.4, -0.2) is 33.6 Å². The predicted molar refractivity (Wildman–Crippen MR) is 56.3 cm³/mol. The molecule has 7 heteroatoms. The molecule has 0 aliphatic rings. The van der Waals surface area contributed by atoms with E-state index < -0.39 is 11.2 Å². The number of nitrogens with zero attached hydrogens (tertiary/aromatic N) is 3. The Labute approximate surface area is 84.4 Å². The fourth-order valence-electron chi connectivity index (χ4n) is 1.53. The fourth-order valence-corrected chi connectivity index (χ4v) is 1.53. The van der Waals surface area contributed by atoms with Crippen molar-refractivity contribution in [3.05, 3.63) is 20.8 Å². The number of aromatic amines is 2. The molecule has 0 spiro atoms. The molecule has 0 fully saturated rings.